The molecule has 0 saturated carbocycles. The summed E-state index contributed by atoms with van der Waals surface area (Å²) in [5.74, 6) is 0.886. The molecule has 8 heteroatoms. The maximum absolute atomic E-state index is 10.8. The first-order chi connectivity index (χ1) is 7.08. The Morgan fingerprint density at radius 3 is 2.80 bits per heavy atom. The van der Waals surface area contributed by atoms with E-state index >= 15 is 0 Å². The number of aryl methyl sites for hydroxylation is 1. The molecule has 1 aromatic heterocycles. The zero-order valence-electron chi connectivity index (χ0n) is 8.22. The molecular formula is C7H10N6O2. The predicted molar refractivity (Wildman–Crippen MR) is 51.0 cm³/mol. The number of hydrogen-bond donors (Lipinski definition) is 3. The van der Waals surface area contributed by atoms with Gasteiger partial charge >= 0.3 is 6.09 Å². The average Bonchev–Trinajstić information content (AvgIpc) is 2.71. The summed E-state index contributed by atoms with van der Waals surface area (Å²) in [7, 11) is 1.73. The van der Waals surface area contributed by atoms with Crippen molar-refractivity contribution >= 4 is 11.9 Å². The molecule has 8 nitrogen and oxygen atoms in total. The fourth-order valence-corrected chi connectivity index (χ4v) is 1.23. The van der Waals surface area contributed by atoms with Gasteiger partial charge in [-0.1, -0.05) is 0 Å². The summed E-state index contributed by atoms with van der Waals surface area (Å²) in [6.07, 6.45) is 0.343. The van der Waals surface area contributed by atoms with Crippen molar-refractivity contribution in [3.63, 3.8) is 0 Å². The number of rotatable bonds is 1. The molecule has 0 amide bonds. The standard InChI is InChI=1S/C7H10N6O2/c1-4-8-5(3-13(4)7(14)15)6-9-11-12(2)10-6/h3,11H,1-2H3,(H,9,10)(H,14,15). The minimum atomic E-state index is -1.06. The number of carbonyl (C=O) groups is 1. The Kier molecular flexibility index (Phi) is 2.05. The number of hydrazone groups is 1. The predicted octanol–water partition coefficient (Wildman–Crippen LogP) is -0.666. The highest BCUT2D eigenvalue weighted by Gasteiger charge is 2.18. The second-order valence-corrected chi connectivity index (χ2v) is 3.06. The molecule has 0 aromatic carbocycles. The molecule has 0 saturated heterocycles. The van der Waals surface area contributed by atoms with E-state index in [1.807, 2.05) is 0 Å². The van der Waals surface area contributed by atoms with Crippen LogP contribution in [0.5, 0.6) is 0 Å². The minimum absolute atomic E-state index is 0.400. The van der Waals surface area contributed by atoms with E-state index in [1.54, 1.807) is 14.0 Å². The van der Waals surface area contributed by atoms with Crippen LogP contribution in [0.2, 0.25) is 0 Å². The first-order valence-corrected chi connectivity index (χ1v) is 4.21. The molecule has 1 aliphatic rings. The Morgan fingerprint density at radius 2 is 2.33 bits per heavy atom. The maximum atomic E-state index is 10.8. The Morgan fingerprint density at radius 1 is 1.60 bits per heavy atom. The summed E-state index contributed by atoms with van der Waals surface area (Å²) in [5.41, 5.74) is 5.97. The lowest BCUT2D eigenvalue weighted by Gasteiger charge is -2.06. The van der Waals surface area contributed by atoms with Crippen molar-refractivity contribution in [2.75, 3.05) is 7.05 Å². The van der Waals surface area contributed by atoms with E-state index in [2.05, 4.69) is 21.0 Å². The van der Waals surface area contributed by atoms with Crippen molar-refractivity contribution < 1.29 is 9.90 Å². The van der Waals surface area contributed by atoms with E-state index in [-0.39, 0.29) is 0 Å². The molecular weight excluding hydrogens is 200 g/mol. The van der Waals surface area contributed by atoms with Gasteiger partial charge in [0.2, 0.25) is 0 Å². The van der Waals surface area contributed by atoms with Gasteiger partial charge in [-0.2, -0.15) is 0 Å². The highest BCUT2D eigenvalue weighted by atomic mass is 16.4. The Hall–Kier alpha value is -2.09. The van der Waals surface area contributed by atoms with Gasteiger partial charge in [0.15, 0.2) is 5.84 Å². The molecule has 3 N–H and O–H groups in total. The fraction of sp³-hybridized carbons (Fsp3) is 0.286. The molecule has 15 heavy (non-hydrogen) atoms. The molecule has 80 valence electrons. The van der Waals surface area contributed by atoms with E-state index < -0.39 is 6.09 Å². The van der Waals surface area contributed by atoms with Gasteiger partial charge in [-0.3, -0.25) is 5.43 Å². The Balaban J connectivity index is 2.31. The van der Waals surface area contributed by atoms with E-state index in [4.69, 9.17) is 5.11 Å². The van der Waals surface area contributed by atoms with Crippen LogP contribution in [0.1, 0.15) is 11.5 Å². The van der Waals surface area contributed by atoms with Crippen LogP contribution in [0.4, 0.5) is 4.79 Å². The summed E-state index contributed by atoms with van der Waals surface area (Å²) < 4.78 is 1.04. The van der Waals surface area contributed by atoms with Gasteiger partial charge in [-0.25, -0.2) is 19.9 Å². The van der Waals surface area contributed by atoms with Crippen LogP contribution in [0.3, 0.4) is 0 Å². The monoisotopic (exact) mass is 210 g/mol. The summed E-state index contributed by atoms with van der Waals surface area (Å²) >= 11 is 0. The largest absolute Gasteiger partial charge is 0.464 e. The second-order valence-electron chi connectivity index (χ2n) is 3.06. The zero-order valence-corrected chi connectivity index (χ0v) is 8.22. The molecule has 0 unspecified atom stereocenters. The number of imidazole rings is 1. The number of nitrogens with zero attached hydrogens (tertiary/aromatic N) is 4. The van der Waals surface area contributed by atoms with Crippen LogP contribution in [0.15, 0.2) is 11.3 Å². The lowest BCUT2D eigenvalue weighted by molar-refractivity contribution is 0.195. The molecule has 2 rings (SSSR count). The van der Waals surface area contributed by atoms with Crippen LogP contribution < -0.4 is 11.0 Å². The highest BCUT2D eigenvalue weighted by Crippen LogP contribution is 2.04. The average molecular weight is 210 g/mol. The maximum Gasteiger partial charge on any atom is 0.417 e. The highest BCUT2D eigenvalue weighted by molar-refractivity contribution is 5.97. The van der Waals surface area contributed by atoms with Crippen LogP contribution in [0.25, 0.3) is 0 Å². The summed E-state index contributed by atoms with van der Waals surface area (Å²) in [6, 6.07) is 0. The molecule has 0 aliphatic carbocycles. The lowest BCUT2D eigenvalue weighted by atomic mass is 10.4. The molecule has 0 radical (unpaired) electrons. The molecule has 0 fully saturated rings. The van der Waals surface area contributed by atoms with Crippen LogP contribution >= 0.6 is 0 Å². The van der Waals surface area contributed by atoms with Crippen molar-refractivity contribution in [1.29, 1.82) is 0 Å². The Bertz CT molecular complexity index is 437. The number of aromatic nitrogens is 2. The van der Waals surface area contributed by atoms with Crippen molar-refractivity contribution in [1.82, 2.24) is 25.6 Å². The van der Waals surface area contributed by atoms with Crippen LogP contribution in [-0.4, -0.2) is 38.8 Å². The van der Waals surface area contributed by atoms with E-state index in [0.29, 0.717) is 17.4 Å². The number of amidine groups is 1. The third kappa shape index (κ3) is 1.62. The van der Waals surface area contributed by atoms with Crippen molar-refractivity contribution in [3.05, 3.63) is 17.7 Å². The molecule has 1 aromatic rings. The van der Waals surface area contributed by atoms with Gasteiger partial charge in [0, 0.05) is 13.2 Å². The van der Waals surface area contributed by atoms with E-state index in [9.17, 15) is 4.79 Å². The first kappa shape index (κ1) is 9.46. The van der Waals surface area contributed by atoms with Gasteiger partial charge < -0.3 is 5.11 Å². The molecule has 0 spiro atoms. The fourth-order valence-electron chi connectivity index (χ4n) is 1.23. The van der Waals surface area contributed by atoms with E-state index in [0.717, 1.165) is 4.57 Å². The quantitative estimate of drug-likeness (QED) is 0.569. The van der Waals surface area contributed by atoms with Crippen molar-refractivity contribution in [3.8, 4) is 0 Å². The number of hydrazine groups is 2. The number of hydrogen-bond acceptors (Lipinski definition) is 6. The molecule has 2 heterocycles. The lowest BCUT2D eigenvalue weighted by Crippen LogP contribution is -2.37. The topological polar surface area (TPSA) is 94.8 Å². The van der Waals surface area contributed by atoms with Gasteiger partial charge in [0.05, 0.1) is 0 Å². The molecule has 0 bridgehead atoms. The normalized spacial score (nSPS) is 15.7. The van der Waals surface area contributed by atoms with Crippen LogP contribution in [-0.2, 0) is 0 Å². The second kappa shape index (κ2) is 3.24. The van der Waals surface area contributed by atoms with Crippen molar-refractivity contribution in [2.24, 2.45) is 5.10 Å². The van der Waals surface area contributed by atoms with E-state index in [1.165, 1.54) is 11.3 Å². The zero-order chi connectivity index (χ0) is 11.0. The van der Waals surface area contributed by atoms with Gasteiger partial charge in [0.1, 0.15) is 11.5 Å². The van der Waals surface area contributed by atoms with Gasteiger partial charge in [0.25, 0.3) is 0 Å². The van der Waals surface area contributed by atoms with Gasteiger partial charge in [-0.15, -0.1) is 10.2 Å². The number of carboxylic acid groups (broad SMARTS) is 1. The van der Waals surface area contributed by atoms with Gasteiger partial charge in [-0.05, 0) is 6.92 Å². The summed E-state index contributed by atoms with van der Waals surface area (Å²) in [6.45, 7) is 1.62. The SMILES string of the molecule is Cc1nc(C2=NNN(C)N2)cn1C(=O)O. The summed E-state index contributed by atoms with van der Waals surface area (Å²) in [4.78, 5) is 14.8. The number of nitrogens with one attached hydrogen (secondary N) is 2. The Labute approximate surface area is 85.1 Å². The third-order valence-corrected chi connectivity index (χ3v) is 1.92. The molecule has 0 atom stereocenters. The van der Waals surface area contributed by atoms with Crippen LogP contribution in [0, 0.1) is 6.92 Å². The smallest absolute Gasteiger partial charge is 0.417 e. The minimum Gasteiger partial charge on any atom is -0.464 e. The summed E-state index contributed by atoms with van der Waals surface area (Å²) in [5, 5.41) is 14.3. The first-order valence-electron chi connectivity index (χ1n) is 4.21. The third-order valence-electron chi connectivity index (χ3n) is 1.92. The molecule has 1 aliphatic heterocycles. The van der Waals surface area contributed by atoms with Crippen molar-refractivity contribution in [2.45, 2.75) is 6.92 Å².